The Labute approximate surface area is 151 Å². The minimum atomic E-state index is -0.341. The van der Waals surface area contributed by atoms with Crippen LogP contribution in [0.25, 0.3) is 0 Å². The van der Waals surface area contributed by atoms with E-state index in [1.54, 1.807) is 12.3 Å². The molecule has 26 heavy (non-hydrogen) atoms. The van der Waals surface area contributed by atoms with Crippen LogP contribution in [0.4, 0.5) is 0 Å². The van der Waals surface area contributed by atoms with Gasteiger partial charge in [-0.3, -0.25) is 4.98 Å². The highest BCUT2D eigenvalue weighted by atomic mass is 16.5. The summed E-state index contributed by atoms with van der Waals surface area (Å²) in [6.07, 6.45) is 3.93. The van der Waals surface area contributed by atoms with Gasteiger partial charge in [-0.2, -0.15) is 5.10 Å². The zero-order valence-electron chi connectivity index (χ0n) is 14.0. The van der Waals surface area contributed by atoms with Gasteiger partial charge in [-0.15, -0.1) is 0 Å². The van der Waals surface area contributed by atoms with Crippen molar-refractivity contribution in [3.8, 4) is 11.5 Å². The molecular weight excluding hydrogens is 326 g/mol. The Morgan fingerprint density at radius 2 is 1.85 bits per heavy atom. The van der Waals surface area contributed by atoms with Crippen LogP contribution in [0, 0.1) is 0 Å². The van der Waals surface area contributed by atoms with Gasteiger partial charge in [0.25, 0.3) is 0 Å². The van der Waals surface area contributed by atoms with Gasteiger partial charge in [0.15, 0.2) is 0 Å². The molecule has 0 saturated carbocycles. The second-order valence-corrected chi connectivity index (χ2v) is 6.46. The topological polar surface area (TPSA) is 58.0 Å². The van der Waals surface area contributed by atoms with Crippen molar-refractivity contribution in [1.82, 2.24) is 9.99 Å². The zero-order chi connectivity index (χ0) is 17.5. The number of hydrogen-bond acceptors (Lipinski definition) is 5. The van der Waals surface area contributed by atoms with Crippen molar-refractivity contribution in [3.05, 3.63) is 89.7 Å². The molecule has 2 aliphatic rings. The molecule has 0 spiro atoms. The Hall–Kier alpha value is -3.34. The first kappa shape index (κ1) is 15.0. The van der Waals surface area contributed by atoms with Crippen LogP contribution in [0.15, 0.2) is 78.2 Å². The molecule has 5 nitrogen and oxygen atoms in total. The van der Waals surface area contributed by atoms with Crippen LogP contribution >= 0.6 is 0 Å². The Kier molecular flexibility index (Phi) is 3.38. The number of phenolic OH excluding ortho intramolecular Hbond substituents is 1. The van der Waals surface area contributed by atoms with Gasteiger partial charge in [0, 0.05) is 35.5 Å². The van der Waals surface area contributed by atoms with Crippen molar-refractivity contribution in [3.63, 3.8) is 0 Å². The lowest BCUT2D eigenvalue weighted by Gasteiger charge is -2.38. The molecule has 0 saturated heterocycles. The number of aromatic hydroxyl groups is 1. The third-order valence-corrected chi connectivity index (χ3v) is 4.88. The lowest BCUT2D eigenvalue weighted by molar-refractivity contribution is -0.0192. The number of rotatable bonds is 2. The van der Waals surface area contributed by atoms with Crippen LogP contribution in [0.1, 0.15) is 35.4 Å². The molecule has 5 rings (SSSR count). The van der Waals surface area contributed by atoms with Crippen LogP contribution in [0.3, 0.4) is 0 Å². The third-order valence-electron chi connectivity index (χ3n) is 4.88. The summed E-state index contributed by atoms with van der Waals surface area (Å²) < 4.78 is 6.26. The quantitative estimate of drug-likeness (QED) is 0.763. The van der Waals surface area contributed by atoms with Crippen LogP contribution in [-0.4, -0.2) is 20.8 Å². The highest BCUT2D eigenvalue weighted by Gasteiger charge is 2.41. The molecule has 3 aromatic rings. The number of aromatic nitrogens is 1. The fourth-order valence-corrected chi connectivity index (χ4v) is 3.66. The third kappa shape index (κ3) is 2.32. The van der Waals surface area contributed by atoms with E-state index in [1.165, 1.54) is 0 Å². The molecule has 0 radical (unpaired) electrons. The van der Waals surface area contributed by atoms with E-state index in [1.807, 2.05) is 59.7 Å². The van der Waals surface area contributed by atoms with E-state index in [9.17, 15) is 5.11 Å². The summed E-state index contributed by atoms with van der Waals surface area (Å²) in [4.78, 5) is 4.23. The van der Waals surface area contributed by atoms with Crippen molar-refractivity contribution in [1.29, 1.82) is 0 Å². The Bertz CT molecular complexity index is 987. The van der Waals surface area contributed by atoms with Gasteiger partial charge in [0.2, 0.25) is 6.23 Å². The number of nitrogens with zero attached hydrogens (tertiary/aromatic N) is 3. The number of benzene rings is 2. The number of para-hydroxylation sites is 2. The van der Waals surface area contributed by atoms with Crippen molar-refractivity contribution >= 4 is 5.71 Å². The number of hydrogen-bond donors (Lipinski definition) is 1. The van der Waals surface area contributed by atoms with E-state index in [0.717, 1.165) is 28.2 Å². The fraction of sp³-hybridized carbons (Fsp3) is 0.143. The molecule has 0 amide bonds. The first-order chi connectivity index (χ1) is 12.8. The molecule has 3 heterocycles. The largest absolute Gasteiger partial charge is 0.507 e. The number of pyridine rings is 1. The molecule has 1 N–H and O–H groups in total. The maximum Gasteiger partial charge on any atom is 0.215 e. The summed E-state index contributed by atoms with van der Waals surface area (Å²) in [7, 11) is 0. The fourth-order valence-electron chi connectivity index (χ4n) is 3.66. The van der Waals surface area contributed by atoms with Crippen LogP contribution in [0.2, 0.25) is 0 Å². The lowest BCUT2D eigenvalue weighted by atomic mass is 9.96. The van der Waals surface area contributed by atoms with Crippen LogP contribution < -0.4 is 4.74 Å². The molecule has 0 bridgehead atoms. The molecule has 2 aromatic carbocycles. The molecular formula is C21H17N3O2. The van der Waals surface area contributed by atoms with E-state index in [2.05, 4.69) is 11.1 Å². The van der Waals surface area contributed by atoms with Crippen LogP contribution in [-0.2, 0) is 0 Å². The Morgan fingerprint density at radius 3 is 2.69 bits per heavy atom. The molecule has 2 atom stereocenters. The molecule has 1 aromatic heterocycles. The summed E-state index contributed by atoms with van der Waals surface area (Å²) in [6, 6.07) is 19.4. The average Bonchev–Trinajstić information content (AvgIpc) is 3.14. The van der Waals surface area contributed by atoms with Gasteiger partial charge in [0.05, 0.1) is 11.8 Å². The summed E-state index contributed by atoms with van der Waals surface area (Å²) in [5, 5.41) is 17.1. The van der Waals surface area contributed by atoms with Crippen molar-refractivity contribution in [2.45, 2.75) is 18.7 Å². The maximum absolute atomic E-state index is 10.2. The number of ether oxygens (including phenoxy) is 1. The van der Waals surface area contributed by atoms with E-state index in [0.29, 0.717) is 6.42 Å². The summed E-state index contributed by atoms with van der Waals surface area (Å²) in [6.45, 7) is 0. The van der Waals surface area contributed by atoms with E-state index >= 15 is 0 Å². The normalized spacial score (nSPS) is 20.8. The minimum Gasteiger partial charge on any atom is -0.507 e. The summed E-state index contributed by atoms with van der Waals surface area (Å²) >= 11 is 0. The highest BCUT2D eigenvalue weighted by Crippen LogP contribution is 2.47. The molecule has 0 aliphatic carbocycles. The second kappa shape index (κ2) is 5.88. The van der Waals surface area contributed by atoms with E-state index < -0.39 is 0 Å². The maximum atomic E-state index is 10.2. The van der Waals surface area contributed by atoms with Gasteiger partial charge in [-0.1, -0.05) is 36.4 Å². The standard InChI is InChI=1S/C21H17N3O2/c25-19-9-3-1-7-15(19)17-12-18-16-8-2-4-10-20(16)26-21(24(18)23-17)14-6-5-11-22-13-14/h1-11,13,18,21,25H,12H2. The molecule has 128 valence electrons. The number of hydrazone groups is 1. The molecule has 2 aliphatic heterocycles. The van der Waals surface area contributed by atoms with Gasteiger partial charge in [-0.05, 0) is 24.3 Å². The summed E-state index contributed by atoms with van der Waals surface area (Å²) in [5.74, 6) is 1.12. The zero-order valence-corrected chi connectivity index (χ0v) is 14.0. The number of fused-ring (bicyclic) bond motifs is 3. The SMILES string of the molecule is Oc1ccccc1C1=NN2C(C1)c1ccccc1OC2c1cccnc1. The molecule has 0 fully saturated rings. The monoisotopic (exact) mass is 343 g/mol. The smallest absolute Gasteiger partial charge is 0.215 e. The van der Waals surface area contributed by atoms with Crippen LogP contribution in [0.5, 0.6) is 11.5 Å². The Balaban J connectivity index is 1.62. The number of phenols is 1. The average molecular weight is 343 g/mol. The summed E-state index contributed by atoms with van der Waals surface area (Å²) in [5.41, 5.74) is 3.70. The van der Waals surface area contributed by atoms with Gasteiger partial charge in [-0.25, -0.2) is 5.01 Å². The predicted molar refractivity (Wildman–Crippen MR) is 97.9 cm³/mol. The lowest BCUT2D eigenvalue weighted by Crippen LogP contribution is -2.33. The highest BCUT2D eigenvalue weighted by molar-refractivity contribution is 6.04. The van der Waals surface area contributed by atoms with Gasteiger partial charge in [0.1, 0.15) is 11.5 Å². The van der Waals surface area contributed by atoms with Crippen molar-refractivity contribution in [2.75, 3.05) is 0 Å². The van der Waals surface area contributed by atoms with Gasteiger partial charge < -0.3 is 9.84 Å². The van der Waals surface area contributed by atoms with E-state index in [4.69, 9.17) is 9.84 Å². The minimum absolute atomic E-state index is 0.0692. The van der Waals surface area contributed by atoms with Gasteiger partial charge >= 0.3 is 0 Å². The first-order valence-corrected chi connectivity index (χ1v) is 8.61. The molecule has 2 unspecified atom stereocenters. The molecule has 5 heteroatoms. The second-order valence-electron chi connectivity index (χ2n) is 6.46. The van der Waals surface area contributed by atoms with Crippen molar-refractivity contribution in [2.24, 2.45) is 5.10 Å². The predicted octanol–water partition coefficient (Wildman–Crippen LogP) is 4.03. The van der Waals surface area contributed by atoms with Crippen molar-refractivity contribution < 1.29 is 9.84 Å². The van der Waals surface area contributed by atoms with E-state index in [-0.39, 0.29) is 18.0 Å². The first-order valence-electron chi connectivity index (χ1n) is 8.61. The Morgan fingerprint density at radius 1 is 1.00 bits per heavy atom.